The molecule has 0 aromatic heterocycles. The number of benzene rings is 2. The molecule has 0 atom stereocenters. The van der Waals surface area contributed by atoms with E-state index in [4.69, 9.17) is 4.74 Å². The molecule has 212 valence electrons. The van der Waals surface area contributed by atoms with E-state index in [0.29, 0.717) is 0 Å². The number of alkyl halides is 1. The molecule has 0 N–H and O–H groups in total. The number of rotatable bonds is 24. The summed E-state index contributed by atoms with van der Waals surface area (Å²) < 4.78 is 6.15. The maximum Gasteiger partial charge on any atom is 0.119 e. The Hall–Kier alpha value is -1.68. The molecule has 0 fully saturated rings. The summed E-state index contributed by atoms with van der Waals surface area (Å²) in [7, 11) is 0. The Morgan fingerprint density at radius 3 is 1.82 bits per heavy atom. The Morgan fingerprint density at radius 1 is 0.605 bits per heavy atom. The van der Waals surface area contributed by atoms with Crippen molar-refractivity contribution in [3.8, 4) is 5.75 Å². The second-order valence-electron chi connectivity index (χ2n) is 10.6. The fourth-order valence-electron chi connectivity index (χ4n) is 4.81. The molecule has 2 rings (SSSR count). The van der Waals surface area contributed by atoms with E-state index in [1.54, 1.807) is 0 Å². The fraction of sp³-hybridized carbons (Fsp3) is 0.647. The number of ether oxygens (including phenoxy) is 1. The molecule has 0 unspecified atom stereocenters. The molecule has 0 spiro atoms. The number of hydrogen-bond acceptors (Lipinski definition) is 3. The normalized spacial score (nSPS) is 11.4. The number of azo groups is 1. The van der Waals surface area contributed by atoms with E-state index in [1.807, 2.05) is 30.3 Å². The highest BCUT2D eigenvalue weighted by molar-refractivity contribution is 9.09. The fourth-order valence-corrected chi connectivity index (χ4v) is 5.20. The van der Waals surface area contributed by atoms with Crippen LogP contribution in [0.25, 0.3) is 0 Å². The summed E-state index contributed by atoms with van der Waals surface area (Å²) in [6, 6.07) is 16.3. The van der Waals surface area contributed by atoms with E-state index in [0.717, 1.165) is 41.9 Å². The zero-order valence-corrected chi connectivity index (χ0v) is 25.7. The van der Waals surface area contributed by atoms with Gasteiger partial charge in [-0.1, -0.05) is 137 Å². The summed E-state index contributed by atoms with van der Waals surface area (Å²) in [5, 5.41) is 10.2. The predicted octanol–water partition coefficient (Wildman–Crippen LogP) is 12.5. The molecule has 0 aliphatic heterocycles. The lowest BCUT2D eigenvalue weighted by molar-refractivity contribution is 0.304. The quantitative estimate of drug-likeness (QED) is 0.0685. The van der Waals surface area contributed by atoms with Gasteiger partial charge < -0.3 is 4.74 Å². The van der Waals surface area contributed by atoms with Crippen molar-refractivity contribution in [2.24, 2.45) is 10.2 Å². The average molecular weight is 586 g/mol. The zero-order chi connectivity index (χ0) is 26.9. The molecule has 2 aromatic carbocycles. The Balaban J connectivity index is 1.76. The second-order valence-corrected chi connectivity index (χ2v) is 11.4. The van der Waals surface area contributed by atoms with Gasteiger partial charge in [-0.05, 0) is 61.6 Å². The molecule has 0 radical (unpaired) electrons. The predicted molar refractivity (Wildman–Crippen MR) is 169 cm³/mol. The van der Waals surface area contributed by atoms with Gasteiger partial charge in [0.1, 0.15) is 5.75 Å². The van der Waals surface area contributed by atoms with Gasteiger partial charge in [0, 0.05) is 5.33 Å². The number of hydrogen-bond donors (Lipinski definition) is 0. The van der Waals surface area contributed by atoms with Crippen LogP contribution in [-0.4, -0.2) is 11.9 Å². The van der Waals surface area contributed by atoms with Crippen LogP contribution < -0.4 is 4.74 Å². The minimum Gasteiger partial charge on any atom is -0.494 e. The lowest BCUT2D eigenvalue weighted by Gasteiger charge is -2.11. The highest BCUT2D eigenvalue weighted by Crippen LogP contribution is 2.28. The van der Waals surface area contributed by atoms with E-state index in [9.17, 15) is 0 Å². The Kier molecular flexibility index (Phi) is 19.9. The van der Waals surface area contributed by atoms with Crippen LogP contribution in [0, 0.1) is 0 Å². The van der Waals surface area contributed by atoms with Crippen LogP contribution in [-0.2, 0) is 6.42 Å². The number of nitrogens with zero attached hydrogens (tertiary/aromatic N) is 2. The van der Waals surface area contributed by atoms with E-state index in [2.05, 4.69) is 51.3 Å². The van der Waals surface area contributed by atoms with Crippen LogP contribution in [0.4, 0.5) is 11.4 Å². The number of unbranched alkanes of at least 4 members (excludes halogenated alkanes) is 16. The smallest absolute Gasteiger partial charge is 0.119 e. The minimum absolute atomic E-state index is 0.798. The topological polar surface area (TPSA) is 34.0 Å². The molecule has 0 amide bonds. The molecule has 4 heteroatoms. The third-order valence-electron chi connectivity index (χ3n) is 7.18. The van der Waals surface area contributed by atoms with Crippen LogP contribution in [0.2, 0.25) is 0 Å². The van der Waals surface area contributed by atoms with Crippen LogP contribution in [0.1, 0.15) is 128 Å². The van der Waals surface area contributed by atoms with E-state index in [-0.39, 0.29) is 0 Å². The summed E-state index contributed by atoms with van der Waals surface area (Å²) in [6.45, 7) is 3.08. The second kappa shape index (κ2) is 23.2. The van der Waals surface area contributed by atoms with Crippen molar-refractivity contribution in [2.75, 3.05) is 11.9 Å². The van der Waals surface area contributed by atoms with Crippen molar-refractivity contribution < 1.29 is 4.74 Å². The third-order valence-corrected chi connectivity index (χ3v) is 7.74. The zero-order valence-electron chi connectivity index (χ0n) is 24.1. The Labute approximate surface area is 242 Å². The summed E-state index contributed by atoms with van der Waals surface area (Å²) in [4.78, 5) is 0. The largest absolute Gasteiger partial charge is 0.494 e. The lowest BCUT2D eigenvalue weighted by Crippen LogP contribution is -1.98. The van der Waals surface area contributed by atoms with Crippen molar-refractivity contribution >= 4 is 27.3 Å². The van der Waals surface area contributed by atoms with Gasteiger partial charge in [0.05, 0.1) is 18.0 Å². The molecule has 38 heavy (non-hydrogen) atoms. The van der Waals surface area contributed by atoms with Gasteiger partial charge in [-0.2, -0.15) is 10.2 Å². The van der Waals surface area contributed by atoms with Crippen molar-refractivity contribution in [3.63, 3.8) is 0 Å². The van der Waals surface area contributed by atoms with Crippen LogP contribution in [0.3, 0.4) is 0 Å². The maximum absolute atomic E-state index is 6.15. The standard InChI is InChI=1S/C34H53BrN2O/c1-2-3-4-5-6-7-8-11-14-18-23-31-30-33(38-29-22-16-13-10-9-12-15-21-28-35)26-27-34(31)37-36-32-24-19-17-20-25-32/h17,19-20,24-27,30H,2-16,18,21-23,28-29H2,1H3. The molecular weight excluding hydrogens is 532 g/mol. The first-order chi connectivity index (χ1) is 18.8. The number of halogens is 1. The molecule has 0 saturated heterocycles. The first-order valence-corrected chi connectivity index (χ1v) is 16.7. The van der Waals surface area contributed by atoms with Crippen molar-refractivity contribution in [1.82, 2.24) is 0 Å². The molecule has 2 aromatic rings. The van der Waals surface area contributed by atoms with E-state index in [1.165, 1.54) is 115 Å². The first-order valence-electron chi connectivity index (χ1n) is 15.6. The highest BCUT2D eigenvalue weighted by atomic mass is 79.9. The Bertz CT molecular complexity index is 840. The molecule has 0 heterocycles. The van der Waals surface area contributed by atoms with Gasteiger partial charge >= 0.3 is 0 Å². The van der Waals surface area contributed by atoms with Gasteiger partial charge in [-0.3, -0.25) is 0 Å². The SMILES string of the molecule is CCCCCCCCCCCCc1cc(OCCCCCCCCCCBr)ccc1N=Nc1ccccc1. The van der Waals surface area contributed by atoms with Crippen molar-refractivity contribution in [2.45, 2.75) is 129 Å². The average Bonchev–Trinajstić information content (AvgIpc) is 2.95. The van der Waals surface area contributed by atoms with Crippen LogP contribution in [0.5, 0.6) is 5.75 Å². The molecule has 0 bridgehead atoms. The van der Waals surface area contributed by atoms with Gasteiger partial charge in [-0.15, -0.1) is 0 Å². The Morgan fingerprint density at radius 2 is 1.18 bits per heavy atom. The maximum atomic E-state index is 6.15. The molecular formula is C34H53BrN2O. The van der Waals surface area contributed by atoms with E-state index >= 15 is 0 Å². The molecule has 0 aliphatic carbocycles. The van der Waals surface area contributed by atoms with Crippen LogP contribution >= 0.6 is 15.9 Å². The summed E-state index contributed by atoms with van der Waals surface area (Å²) >= 11 is 3.51. The van der Waals surface area contributed by atoms with Gasteiger partial charge in [0.15, 0.2) is 0 Å². The highest BCUT2D eigenvalue weighted by Gasteiger charge is 2.06. The summed E-state index contributed by atoms with van der Waals surface area (Å²) in [6.07, 6.45) is 25.0. The summed E-state index contributed by atoms with van der Waals surface area (Å²) in [5.74, 6) is 0.973. The van der Waals surface area contributed by atoms with Crippen molar-refractivity contribution in [1.29, 1.82) is 0 Å². The van der Waals surface area contributed by atoms with Gasteiger partial charge in [0.2, 0.25) is 0 Å². The molecule has 0 aliphatic rings. The molecule has 0 saturated carbocycles. The lowest BCUT2D eigenvalue weighted by atomic mass is 10.0. The summed E-state index contributed by atoms with van der Waals surface area (Å²) in [5.41, 5.74) is 3.11. The van der Waals surface area contributed by atoms with E-state index < -0.39 is 0 Å². The van der Waals surface area contributed by atoms with Crippen molar-refractivity contribution in [3.05, 3.63) is 54.1 Å². The van der Waals surface area contributed by atoms with Gasteiger partial charge in [-0.25, -0.2) is 0 Å². The van der Waals surface area contributed by atoms with Crippen LogP contribution in [0.15, 0.2) is 58.8 Å². The number of aryl methyl sites for hydroxylation is 1. The first kappa shape index (κ1) is 32.5. The minimum atomic E-state index is 0.798. The third kappa shape index (κ3) is 16.3. The molecule has 3 nitrogen and oxygen atoms in total. The monoisotopic (exact) mass is 584 g/mol. The van der Waals surface area contributed by atoms with Gasteiger partial charge in [0.25, 0.3) is 0 Å².